The average molecular weight is 358 g/mol. The molecule has 0 aliphatic heterocycles. The maximum atomic E-state index is 13.3. The number of Topliss-reactive ketones (excluding diaryl/α,β-unsaturated/α-hetero) is 1. The average Bonchev–Trinajstić information content (AvgIpc) is 2.56. The molecule has 1 aromatic carbocycles. The number of hydrogen-bond donors (Lipinski definition) is 0. The Morgan fingerprint density at radius 3 is 2.04 bits per heavy atom. The molecule has 0 fully saturated rings. The van der Waals surface area contributed by atoms with E-state index in [-0.39, 0.29) is 12.2 Å². The number of allylic oxidation sites excluding steroid dienone is 2. The van der Waals surface area contributed by atoms with Gasteiger partial charge in [0.25, 0.3) is 0 Å². The van der Waals surface area contributed by atoms with Gasteiger partial charge in [0.2, 0.25) is 0 Å². The van der Waals surface area contributed by atoms with Gasteiger partial charge in [0.05, 0.1) is 0 Å². The van der Waals surface area contributed by atoms with E-state index in [1.807, 2.05) is 32.9 Å². The Hall–Kier alpha value is -1.65. The predicted octanol–water partition coefficient (Wildman–Crippen LogP) is 6.76. The second-order valence-electron chi connectivity index (χ2n) is 6.34. The molecule has 0 heterocycles. The molecule has 5 heteroatoms. The van der Waals surface area contributed by atoms with Crippen LogP contribution >= 0.6 is 0 Å². The van der Waals surface area contributed by atoms with Gasteiger partial charge in [-0.3, -0.25) is 4.79 Å². The molecule has 1 rings (SSSR count). The molecule has 0 atom stereocenters. The van der Waals surface area contributed by atoms with Gasteiger partial charge in [-0.05, 0) is 31.8 Å². The maximum absolute atomic E-state index is 13.3. The molecule has 0 aromatic heterocycles. The third-order valence-electron chi connectivity index (χ3n) is 4.15. The molecule has 0 spiro atoms. The Bertz CT molecular complexity index is 588. The summed E-state index contributed by atoms with van der Waals surface area (Å²) in [4.78, 5) is 12.8. The zero-order valence-electron chi connectivity index (χ0n) is 15.0. The van der Waals surface area contributed by atoms with Crippen LogP contribution in [0.3, 0.4) is 0 Å². The molecule has 0 aliphatic carbocycles. The van der Waals surface area contributed by atoms with E-state index >= 15 is 0 Å². The summed E-state index contributed by atoms with van der Waals surface area (Å²) in [6, 6.07) is 7.07. The first-order valence-electron chi connectivity index (χ1n) is 8.71. The summed E-state index contributed by atoms with van der Waals surface area (Å²) in [7, 11) is 0. The molecule has 1 nitrogen and oxygen atoms in total. The Kier molecular flexibility index (Phi) is 8.33. The second-order valence-corrected chi connectivity index (χ2v) is 6.34. The van der Waals surface area contributed by atoms with Crippen molar-refractivity contribution in [2.75, 3.05) is 0 Å². The van der Waals surface area contributed by atoms with Gasteiger partial charge in [-0.15, -0.1) is 0 Å². The fraction of sp³-hybridized carbons (Fsp3) is 0.550. The summed E-state index contributed by atoms with van der Waals surface area (Å²) in [6.07, 6.45) is -2.52. The number of carbonyl (C=O) groups is 1. The molecule has 0 N–H and O–H groups in total. The maximum Gasteiger partial charge on any atom is 0.307 e. The molecular formula is C20H26F4O. The van der Waals surface area contributed by atoms with Crippen LogP contribution < -0.4 is 0 Å². The van der Waals surface area contributed by atoms with Gasteiger partial charge in [-0.1, -0.05) is 62.1 Å². The van der Waals surface area contributed by atoms with E-state index in [4.69, 9.17) is 0 Å². The molecule has 140 valence electrons. The van der Waals surface area contributed by atoms with Gasteiger partial charge in [0.1, 0.15) is 0 Å². The third-order valence-corrected chi connectivity index (χ3v) is 4.15. The first kappa shape index (κ1) is 21.4. The van der Waals surface area contributed by atoms with Crippen molar-refractivity contribution in [3.05, 3.63) is 46.5 Å². The largest absolute Gasteiger partial charge is 0.307 e. The van der Waals surface area contributed by atoms with Crippen LogP contribution in [0.25, 0.3) is 0 Å². The summed E-state index contributed by atoms with van der Waals surface area (Å²) < 4.78 is 51.5. The van der Waals surface area contributed by atoms with Crippen LogP contribution in [0.4, 0.5) is 17.6 Å². The summed E-state index contributed by atoms with van der Waals surface area (Å²) in [6.45, 7) is 5.69. The van der Waals surface area contributed by atoms with Crippen molar-refractivity contribution in [1.29, 1.82) is 0 Å². The number of benzene rings is 1. The van der Waals surface area contributed by atoms with E-state index in [1.54, 1.807) is 12.1 Å². The van der Waals surface area contributed by atoms with E-state index in [9.17, 15) is 22.4 Å². The van der Waals surface area contributed by atoms with Crippen molar-refractivity contribution in [2.24, 2.45) is 0 Å². The minimum absolute atomic E-state index is 0.182. The van der Waals surface area contributed by atoms with E-state index in [1.165, 1.54) is 0 Å². The highest BCUT2D eigenvalue weighted by Gasteiger charge is 2.40. The van der Waals surface area contributed by atoms with Gasteiger partial charge in [-0.2, -0.15) is 0 Å². The Morgan fingerprint density at radius 2 is 1.56 bits per heavy atom. The highest BCUT2D eigenvalue weighted by molar-refractivity contribution is 6.09. The lowest BCUT2D eigenvalue weighted by Gasteiger charge is -2.19. The summed E-state index contributed by atoms with van der Waals surface area (Å²) in [5, 5.41) is 0. The number of alkyl halides is 4. The topological polar surface area (TPSA) is 17.1 Å². The van der Waals surface area contributed by atoms with E-state index in [0.717, 1.165) is 5.56 Å². The lowest BCUT2D eigenvalue weighted by Crippen LogP contribution is -2.26. The number of halogens is 4. The molecule has 1 aromatic rings. The predicted molar refractivity (Wildman–Crippen MR) is 92.5 cm³/mol. The fourth-order valence-electron chi connectivity index (χ4n) is 2.74. The van der Waals surface area contributed by atoms with Crippen molar-refractivity contribution >= 4 is 5.78 Å². The zero-order valence-corrected chi connectivity index (χ0v) is 15.0. The second kappa shape index (κ2) is 9.73. The van der Waals surface area contributed by atoms with Gasteiger partial charge in [0.15, 0.2) is 5.78 Å². The molecule has 0 aliphatic rings. The van der Waals surface area contributed by atoms with Crippen LogP contribution in [0.15, 0.2) is 35.4 Å². The van der Waals surface area contributed by atoms with Crippen molar-refractivity contribution in [3.63, 3.8) is 0 Å². The number of carbonyl (C=O) groups excluding carboxylic acids is 1. The lowest BCUT2D eigenvalue weighted by atomic mass is 9.89. The number of aryl methyl sites for hydroxylation is 1. The summed E-state index contributed by atoms with van der Waals surface area (Å²) in [5.41, 5.74) is 2.60. The molecule has 25 heavy (non-hydrogen) atoms. The SMILES string of the molecule is CCC/C(CCC(F)(F)C(F)F)=C(\CCC)C(=O)c1ccc(C)cc1. The van der Waals surface area contributed by atoms with E-state index in [2.05, 4.69) is 0 Å². The minimum Gasteiger partial charge on any atom is -0.289 e. The Balaban J connectivity index is 3.15. The molecule has 0 saturated carbocycles. The van der Waals surface area contributed by atoms with E-state index in [0.29, 0.717) is 42.4 Å². The molecule has 0 amide bonds. The Morgan fingerprint density at radius 1 is 1.00 bits per heavy atom. The zero-order chi connectivity index (χ0) is 19.0. The standard InChI is InChI=1S/C20H26F4O/c1-4-6-15(12-13-20(23,24)19(21)22)17(7-5-2)18(25)16-10-8-14(3)9-11-16/h8-11,19H,4-7,12-13H2,1-3H3/b17-15-. The first-order chi connectivity index (χ1) is 11.7. The van der Waals surface area contributed by atoms with Crippen molar-refractivity contribution in [1.82, 2.24) is 0 Å². The highest BCUT2D eigenvalue weighted by atomic mass is 19.3. The fourth-order valence-corrected chi connectivity index (χ4v) is 2.74. The van der Waals surface area contributed by atoms with Crippen LogP contribution in [0.2, 0.25) is 0 Å². The van der Waals surface area contributed by atoms with Gasteiger partial charge < -0.3 is 0 Å². The van der Waals surface area contributed by atoms with Gasteiger partial charge in [0, 0.05) is 12.0 Å². The van der Waals surface area contributed by atoms with Gasteiger partial charge >= 0.3 is 12.3 Å². The quantitative estimate of drug-likeness (QED) is 0.257. The number of ketones is 1. The lowest BCUT2D eigenvalue weighted by molar-refractivity contribution is -0.132. The van der Waals surface area contributed by atoms with Crippen molar-refractivity contribution in [2.45, 2.75) is 71.6 Å². The van der Waals surface area contributed by atoms with E-state index < -0.39 is 18.8 Å². The molecular weight excluding hydrogens is 332 g/mol. The van der Waals surface area contributed by atoms with Crippen LogP contribution in [0.1, 0.15) is 68.3 Å². The molecule has 0 saturated heterocycles. The van der Waals surface area contributed by atoms with Crippen LogP contribution in [-0.2, 0) is 0 Å². The summed E-state index contributed by atoms with van der Waals surface area (Å²) >= 11 is 0. The molecule has 0 bridgehead atoms. The van der Waals surface area contributed by atoms with Crippen LogP contribution in [-0.4, -0.2) is 18.1 Å². The minimum atomic E-state index is -4.02. The summed E-state index contributed by atoms with van der Waals surface area (Å²) in [5.74, 6) is -4.21. The number of hydrogen-bond acceptors (Lipinski definition) is 1. The Labute approximate surface area is 147 Å². The monoisotopic (exact) mass is 358 g/mol. The van der Waals surface area contributed by atoms with Gasteiger partial charge in [-0.25, -0.2) is 17.6 Å². The van der Waals surface area contributed by atoms with Crippen molar-refractivity contribution < 1.29 is 22.4 Å². The smallest absolute Gasteiger partial charge is 0.289 e. The van der Waals surface area contributed by atoms with Crippen LogP contribution in [0, 0.1) is 6.92 Å². The highest BCUT2D eigenvalue weighted by Crippen LogP contribution is 2.32. The normalized spacial score (nSPS) is 13.1. The first-order valence-corrected chi connectivity index (χ1v) is 8.71. The molecule has 0 radical (unpaired) electrons. The van der Waals surface area contributed by atoms with Crippen LogP contribution in [0.5, 0.6) is 0 Å². The molecule has 0 unspecified atom stereocenters. The van der Waals surface area contributed by atoms with Crippen molar-refractivity contribution in [3.8, 4) is 0 Å². The number of rotatable bonds is 10. The third kappa shape index (κ3) is 6.29.